The summed E-state index contributed by atoms with van der Waals surface area (Å²) in [4.78, 5) is 34.4. The van der Waals surface area contributed by atoms with Gasteiger partial charge in [-0.05, 0) is 18.9 Å². The van der Waals surface area contributed by atoms with Gasteiger partial charge in [-0.15, -0.1) is 0 Å². The molecular formula is C10H17N3O5. The Morgan fingerprint density at radius 1 is 1.39 bits per heavy atom. The first-order valence-electron chi connectivity index (χ1n) is 5.64. The first-order chi connectivity index (χ1) is 8.43. The van der Waals surface area contributed by atoms with Gasteiger partial charge in [-0.3, -0.25) is 4.79 Å². The minimum atomic E-state index is -1.41. The molecule has 0 radical (unpaired) electrons. The molecule has 1 unspecified atom stereocenters. The Morgan fingerprint density at radius 2 is 2.06 bits per heavy atom. The Bertz CT molecular complexity index is 346. The molecule has 1 fully saturated rings. The van der Waals surface area contributed by atoms with Crippen LogP contribution in [0, 0.1) is 5.92 Å². The van der Waals surface area contributed by atoms with E-state index in [0.29, 0.717) is 19.6 Å². The van der Waals surface area contributed by atoms with Crippen molar-refractivity contribution in [2.75, 3.05) is 19.6 Å². The summed E-state index contributed by atoms with van der Waals surface area (Å²) >= 11 is 0. The fourth-order valence-electron chi connectivity index (χ4n) is 1.82. The van der Waals surface area contributed by atoms with Crippen LogP contribution in [0.4, 0.5) is 4.79 Å². The van der Waals surface area contributed by atoms with Crippen molar-refractivity contribution in [3.05, 3.63) is 0 Å². The zero-order valence-electron chi connectivity index (χ0n) is 9.83. The molecule has 1 saturated heterocycles. The van der Waals surface area contributed by atoms with Gasteiger partial charge in [0.05, 0.1) is 6.42 Å². The molecule has 2 amide bonds. The fourth-order valence-corrected chi connectivity index (χ4v) is 1.82. The fraction of sp³-hybridized carbons (Fsp3) is 0.700. The van der Waals surface area contributed by atoms with Gasteiger partial charge in [0.15, 0.2) is 0 Å². The Hall–Kier alpha value is -1.83. The Balaban J connectivity index is 2.51. The van der Waals surface area contributed by atoms with Crippen molar-refractivity contribution in [2.45, 2.75) is 18.9 Å². The van der Waals surface area contributed by atoms with E-state index < -0.39 is 30.4 Å². The van der Waals surface area contributed by atoms with Crippen molar-refractivity contribution in [2.24, 2.45) is 11.7 Å². The maximum absolute atomic E-state index is 11.7. The summed E-state index contributed by atoms with van der Waals surface area (Å²) in [5.74, 6) is -2.41. The minimum absolute atomic E-state index is 0.221. The number of hydrogen-bond donors (Lipinski definition) is 4. The molecule has 8 heteroatoms. The molecule has 1 aliphatic rings. The highest BCUT2D eigenvalue weighted by Gasteiger charge is 2.29. The number of nitrogens with two attached hydrogens (primary N) is 1. The molecule has 0 aromatic carbocycles. The van der Waals surface area contributed by atoms with Gasteiger partial charge in [-0.1, -0.05) is 0 Å². The molecule has 8 nitrogen and oxygen atoms in total. The number of rotatable bonds is 5. The quantitative estimate of drug-likeness (QED) is 0.495. The number of urea groups is 1. The summed E-state index contributed by atoms with van der Waals surface area (Å²) in [5, 5.41) is 19.5. The Kier molecular flexibility index (Phi) is 4.90. The predicted octanol–water partition coefficient (Wildman–Crippen LogP) is -1.10. The first kappa shape index (κ1) is 14.2. The van der Waals surface area contributed by atoms with Crippen LogP contribution in [0.5, 0.6) is 0 Å². The van der Waals surface area contributed by atoms with E-state index in [1.807, 2.05) is 0 Å². The molecule has 2 atom stereocenters. The second-order valence-corrected chi connectivity index (χ2v) is 4.27. The number of hydrogen-bond acceptors (Lipinski definition) is 4. The third-order valence-corrected chi connectivity index (χ3v) is 2.88. The number of likely N-dealkylation sites (tertiary alicyclic amines) is 1. The lowest BCUT2D eigenvalue weighted by Crippen LogP contribution is -2.48. The summed E-state index contributed by atoms with van der Waals surface area (Å²) in [6.45, 7) is 1.45. The minimum Gasteiger partial charge on any atom is -0.481 e. The highest BCUT2D eigenvalue weighted by atomic mass is 16.4. The van der Waals surface area contributed by atoms with Gasteiger partial charge in [-0.25, -0.2) is 9.59 Å². The maximum atomic E-state index is 11.7. The molecule has 102 valence electrons. The van der Waals surface area contributed by atoms with Crippen LogP contribution in [0.1, 0.15) is 12.8 Å². The van der Waals surface area contributed by atoms with E-state index in [2.05, 4.69) is 5.32 Å². The van der Waals surface area contributed by atoms with E-state index in [9.17, 15) is 14.4 Å². The zero-order valence-corrected chi connectivity index (χ0v) is 9.83. The van der Waals surface area contributed by atoms with Crippen LogP contribution in [0.2, 0.25) is 0 Å². The normalized spacial score (nSPS) is 20.5. The van der Waals surface area contributed by atoms with Gasteiger partial charge < -0.3 is 26.2 Å². The smallest absolute Gasteiger partial charge is 0.326 e. The molecule has 0 aromatic rings. The van der Waals surface area contributed by atoms with Crippen molar-refractivity contribution in [3.63, 3.8) is 0 Å². The highest BCUT2D eigenvalue weighted by Crippen LogP contribution is 2.14. The third-order valence-electron chi connectivity index (χ3n) is 2.88. The van der Waals surface area contributed by atoms with Crippen LogP contribution in [-0.4, -0.2) is 58.8 Å². The number of amides is 2. The maximum Gasteiger partial charge on any atom is 0.326 e. The van der Waals surface area contributed by atoms with Crippen molar-refractivity contribution in [1.82, 2.24) is 10.2 Å². The van der Waals surface area contributed by atoms with Crippen LogP contribution >= 0.6 is 0 Å². The average Bonchev–Trinajstić information content (AvgIpc) is 2.75. The van der Waals surface area contributed by atoms with Crippen molar-refractivity contribution >= 4 is 18.0 Å². The van der Waals surface area contributed by atoms with Gasteiger partial charge in [0.25, 0.3) is 0 Å². The predicted molar refractivity (Wildman–Crippen MR) is 60.9 cm³/mol. The van der Waals surface area contributed by atoms with Gasteiger partial charge in [0.1, 0.15) is 6.04 Å². The summed E-state index contributed by atoms with van der Waals surface area (Å²) in [5.41, 5.74) is 5.48. The molecule has 0 bridgehead atoms. The lowest BCUT2D eigenvalue weighted by atomic mass is 10.1. The van der Waals surface area contributed by atoms with E-state index in [0.717, 1.165) is 6.42 Å². The summed E-state index contributed by atoms with van der Waals surface area (Å²) in [6, 6.07) is -1.97. The molecule has 1 rings (SSSR count). The number of nitrogens with zero attached hydrogens (tertiary/aromatic N) is 1. The monoisotopic (exact) mass is 259 g/mol. The van der Waals surface area contributed by atoms with Gasteiger partial charge in [0, 0.05) is 13.1 Å². The Labute approximate surface area is 104 Å². The van der Waals surface area contributed by atoms with Crippen molar-refractivity contribution in [3.8, 4) is 0 Å². The largest absolute Gasteiger partial charge is 0.481 e. The molecular weight excluding hydrogens is 242 g/mol. The lowest BCUT2D eigenvalue weighted by Gasteiger charge is -2.20. The molecule has 1 heterocycles. The number of carbonyl (C=O) groups is 3. The average molecular weight is 259 g/mol. The SMILES string of the molecule is NCC1CCN(C(=O)N[C@@H](CC(=O)O)C(=O)O)C1. The van der Waals surface area contributed by atoms with Crippen LogP contribution in [0.25, 0.3) is 0 Å². The van der Waals surface area contributed by atoms with Gasteiger partial charge in [0.2, 0.25) is 0 Å². The lowest BCUT2D eigenvalue weighted by molar-refractivity contribution is -0.145. The Morgan fingerprint density at radius 3 is 2.50 bits per heavy atom. The third kappa shape index (κ3) is 3.88. The standard InChI is InChI=1S/C10H17N3O5/c11-4-6-1-2-13(5-6)10(18)12-7(9(16)17)3-8(14)15/h6-7H,1-5,11H2,(H,12,18)(H,14,15)(H,16,17)/t6?,7-/m0/s1. The number of nitrogens with one attached hydrogen (secondary N) is 1. The van der Waals surface area contributed by atoms with Gasteiger partial charge in [-0.2, -0.15) is 0 Å². The molecule has 0 spiro atoms. The first-order valence-corrected chi connectivity index (χ1v) is 5.64. The molecule has 18 heavy (non-hydrogen) atoms. The summed E-state index contributed by atoms with van der Waals surface area (Å²) in [6.07, 6.45) is 0.135. The second-order valence-electron chi connectivity index (χ2n) is 4.27. The van der Waals surface area contributed by atoms with E-state index in [1.54, 1.807) is 0 Å². The highest BCUT2D eigenvalue weighted by molar-refractivity contribution is 5.86. The number of aliphatic carboxylic acids is 2. The molecule has 0 aromatic heterocycles. The number of carbonyl (C=O) groups excluding carboxylic acids is 1. The molecule has 5 N–H and O–H groups in total. The zero-order chi connectivity index (χ0) is 13.7. The van der Waals surface area contributed by atoms with Crippen molar-refractivity contribution in [1.29, 1.82) is 0 Å². The molecule has 0 aliphatic carbocycles. The van der Waals surface area contributed by atoms with Crippen LogP contribution in [0.3, 0.4) is 0 Å². The summed E-state index contributed by atoms with van der Waals surface area (Å²) < 4.78 is 0. The van der Waals surface area contributed by atoms with Crippen molar-refractivity contribution < 1.29 is 24.6 Å². The molecule has 0 saturated carbocycles. The van der Waals surface area contributed by atoms with E-state index in [1.165, 1.54) is 4.90 Å². The molecule has 1 aliphatic heterocycles. The van der Waals surface area contributed by atoms with E-state index in [-0.39, 0.29) is 5.92 Å². The summed E-state index contributed by atoms with van der Waals surface area (Å²) in [7, 11) is 0. The van der Waals surface area contributed by atoms with E-state index in [4.69, 9.17) is 15.9 Å². The van der Waals surface area contributed by atoms with Crippen LogP contribution in [0.15, 0.2) is 0 Å². The topological polar surface area (TPSA) is 133 Å². The van der Waals surface area contributed by atoms with Crippen LogP contribution in [-0.2, 0) is 9.59 Å². The number of carboxylic acid groups (broad SMARTS) is 2. The number of carboxylic acids is 2. The van der Waals surface area contributed by atoms with Crippen LogP contribution < -0.4 is 11.1 Å². The van der Waals surface area contributed by atoms with E-state index >= 15 is 0 Å². The van der Waals surface area contributed by atoms with Gasteiger partial charge >= 0.3 is 18.0 Å². The second kappa shape index (κ2) is 6.20.